The van der Waals surface area contributed by atoms with Gasteiger partial charge in [0, 0.05) is 13.1 Å². The summed E-state index contributed by atoms with van der Waals surface area (Å²) in [6.45, 7) is 5.51. The van der Waals surface area contributed by atoms with E-state index >= 15 is 0 Å². The number of fused-ring (bicyclic) bond motifs is 1. The van der Waals surface area contributed by atoms with Gasteiger partial charge in [-0.1, -0.05) is 35.3 Å². The maximum atomic E-state index is 12.8. The van der Waals surface area contributed by atoms with Crippen molar-refractivity contribution in [2.24, 2.45) is 0 Å². The van der Waals surface area contributed by atoms with Gasteiger partial charge in [0.05, 0.1) is 11.6 Å². The van der Waals surface area contributed by atoms with Crippen molar-refractivity contribution >= 4 is 29.1 Å². The molecule has 1 unspecified atom stereocenters. The van der Waals surface area contributed by atoms with E-state index in [1.165, 1.54) is 5.56 Å². The highest BCUT2D eigenvalue weighted by molar-refractivity contribution is 6.42. The van der Waals surface area contributed by atoms with Gasteiger partial charge in [-0.15, -0.1) is 0 Å². The van der Waals surface area contributed by atoms with Gasteiger partial charge in [-0.2, -0.15) is 0 Å². The molecule has 0 saturated heterocycles. The number of ether oxygens (including phenoxy) is 2. The molecule has 0 saturated carbocycles. The number of nitrogens with zero attached hydrogens (tertiary/aromatic N) is 1. The molecule has 1 aliphatic heterocycles. The molecular weight excluding hydrogens is 373 g/mol. The van der Waals surface area contributed by atoms with Crippen LogP contribution >= 0.6 is 23.2 Å². The highest BCUT2D eigenvalue weighted by Crippen LogP contribution is 2.32. The second-order valence-corrected chi connectivity index (χ2v) is 6.97. The molecule has 1 atom stereocenters. The lowest BCUT2D eigenvalue weighted by molar-refractivity contribution is -0.138. The van der Waals surface area contributed by atoms with Gasteiger partial charge in [-0.3, -0.25) is 4.79 Å². The lowest BCUT2D eigenvalue weighted by Crippen LogP contribution is -2.43. The summed E-state index contributed by atoms with van der Waals surface area (Å²) in [5.74, 6) is 1.17. The Morgan fingerprint density at radius 2 is 2.04 bits per heavy atom. The first-order valence-electron chi connectivity index (χ1n) is 8.63. The minimum absolute atomic E-state index is 0.0755. The second kappa shape index (κ2) is 8.19. The molecule has 1 aliphatic rings. The van der Waals surface area contributed by atoms with Crippen molar-refractivity contribution in [1.82, 2.24) is 4.90 Å². The third-order valence-corrected chi connectivity index (χ3v) is 5.18. The fraction of sp³-hybridized carbons (Fsp3) is 0.350. The molecule has 138 valence electrons. The minimum atomic E-state index is -0.650. The van der Waals surface area contributed by atoms with Crippen LogP contribution in [0.5, 0.6) is 11.5 Å². The maximum absolute atomic E-state index is 12.8. The predicted molar refractivity (Wildman–Crippen MR) is 103 cm³/mol. The summed E-state index contributed by atoms with van der Waals surface area (Å²) in [6.07, 6.45) is 0.167. The van der Waals surface area contributed by atoms with Crippen molar-refractivity contribution in [1.29, 1.82) is 0 Å². The molecule has 26 heavy (non-hydrogen) atoms. The number of halogens is 2. The van der Waals surface area contributed by atoms with E-state index in [2.05, 4.69) is 6.07 Å². The van der Waals surface area contributed by atoms with E-state index in [-0.39, 0.29) is 5.91 Å². The number of carbonyl (C=O) groups is 1. The van der Waals surface area contributed by atoms with E-state index in [1.54, 1.807) is 30.0 Å². The van der Waals surface area contributed by atoms with E-state index in [0.717, 1.165) is 17.7 Å². The summed E-state index contributed by atoms with van der Waals surface area (Å²) in [6, 6.07) is 11.2. The van der Waals surface area contributed by atoms with Crippen LogP contribution < -0.4 is 9.47 Å². The Balaban J connectivity index is 1.70. The molecule has 6 heteroatoms. The number of benzene rings is 2. The summed E-state index contributed by atoms with van der Waals surface area (Å²) in [7, 11) is 0. The zero-order valence-corrected chi connectivity index (χ0v) is 16.3. The van der Waals surface area contributed by atoms with E-state index in [0.29, 0.717) is 35.5 Å². The van der Waals surface area contributed by atoms with Crippen LogP contribution in [-0.4, -0.2) is 30.1 Å². The number of hydrogen-bond acceptors (Lipinski definition) is 3. The molecule has 0 fully saturated rings. The average Bonchev–Trinajstić information content (AvgIpc) is 2.64. The minimum Gasteiger partial charge on any atom is -0.494 e. The van der Waals surface area contributed by atoms with Crippen molar-refractivity contribution in [3.63, 3.8) is 0 Å². The Labute approximate surface area is 163 Å². The Kier molecular flexibility index (Phi) is 5.94. The third kappa shape index (κ3) is 4.08. The summed E-state index contributed by atoms with van der Waals surface area (Å²) >= 11 is 12.1. The summed E-state index contributed by atoms with van der Waals surface area (Å²) in [4.78, 5) is 14.6. The quantitative estimate of drug-likeness (QED) is 0.735. The lowest BCUT2D eigenvalue weighted by atomic mass is 9.99. The fourth-order valence-electron chi connectivity index (χ4n) is 3.05. The van der Waals surface area contributed by atoms with E-state index in [9.17, 15) is 4.79 Å². The first-order valence-corrected chi connectivity index (χ1v) is 9.39. The van der Waals surface area contributed by atoms with Gasteiger partial charge in [-0.25, -0.2) is 0 Å². The molecule has 0 aromatic heterocycles. The van der Waals surface area contributed by atoms with Crippen molar-refractivity contribution in [2.45, 2.75) is 32.9 Å². The van der Waals surface area contributed by atoms with Crippen LogP contribution in [0.15, 0.2) is 36.4 Å². The van der Waals surface area contributed by atoms with Crippen LogP contribution in [0.4, 0.5) is 0 Å². The Hall–Kier alpha value is -1.91. The summed E-state index contributed by atoms with van der Waals surface area (Å²) in [5, 5.41) is 0.721. The topological polar surface area (TPSA) is 38.8 Å². The molecule has 0 bridgehead atoms. The van der Waals surface area contributed by atoms with Crippen molar-refractivity contribution in [3.8, 4) is 11.5 Å². The van der Waals surface area contributed by atoms with Crippen molar-refractivity contribution < 1.29 is 14.3 Å². The predicted octanol–water partition coefficient (Wildman–Crippen LogP) is 4.74. The van der Waals surface area contributed by atoms with Crippen molar-refractivity contribution in [2.75, 3.05) is 13.2 Å². The van der Waals surface area contributed by atoms with E-state index < -0.39 is 6.10 Å². The van der Waals surface area contributed by atoms with E-state index in [4.69, 9.17) is 32.7 Å². The molecule has 0 aliphatic carbocycles. The second-order valence-electron chi connectivity index (χ2n) is 6.19. The first kappa shape index (κ1) is 18.9. The normalized spacial score (nSPS) is 14.5. The van der Waals surface area contributed by atoms with Gasteiger partial charge in [0.15, 0.2) is 6.10 Å². The van der Waals surface area contributed by atoms with Gasteiger partial charge in [-0.05, 0) is 55.7 Å². The highest BCUT2D eigenvalue weighted by atomic mass is 35.5. The summed E-state index contributed by atoms with van der Waals surface area (Å²) in [5.41, 5.74) is 2.37. The molecule has 0 spiro atoms. The molecule has 0 radical (unpaired) electrons. The summed E-state index contributed by atoms with van der Waals surface area (Å²) < 4.78 is 11.3. The largest absolute Gasteiger partial charge is 0.494 e. The third-order valence-electron chi connectivity index (χ3n) is 4.38. The Morgan fingerprint density at radius 3 is 2.81 bits per heavy atom. The van der Waals surface area contributed by atoms with Gasteiger partial charge in [0.25, 0.3) is 5.91 Å². The van der Waals surface area contributed by atoms with Crippen LogP contribution in [-0.2, 0) is 17.8 Å². The Bertz CT molecular complexity index is 810. The molecule has 4 nitrogen and oxygen atoms in total. The van der Waals surface area contributed by atoms with Crippen LogP contribution in [0.3, 0.4) is 0 Å². The first-order chi connectivity index (χ1) is 12.5. The fourth-order valence-corrected chi connectivity index (χ4v) is 3.39. The molecular formula is C20H21Cl2NO3. The highest BCUT2D eigenvalue weighted by Gasteiger charge is 2.26. The lowest BCUT2D eigenvalue weighted by Gasteiger charge is -2.31. The number of amides is 1. The van der Waals surface area contributed by atoms with Gasteiger partial charge in [0.1, 0.15) is 16.5 Å². The van der Waals surface area contributed by atoms with Gasteiger partial charge >= 0.3 is 0 Å². The standard InChI is InChI=1S/C20H21Cl2NO3/c1-3-25-16-8-7-14-9-10-23(12-15(14)11-16)20(24)13(2)26-18-6-4-5-17(21)19(18)22/h4-8,11,13H,3,9-10,12H2,1-2H3. The average molecular weight is 394 g/mol. The number of hydrogen-bond donors (Lipinski definition) is 0. The zero-order chi connectivity index (χ0) is 18.7. The van der Waals surface area contributed by atoms with Crippen molar-refractivity contribution in [3.05, 3.63) is 57.6 Å². The van der Waals surface area contributed by atoms with Gasteiger partial charge < -0.3 is 14.4 Å². The molecule has 2 aromatic rings. The molecule has 0 N–H and O–H groups in total. The monoisotopic (exact) mass is 393 g/mol. The molecule has 1 amide bonds. The van der Waals surface area contributed by atoms with Crippen LogP contribution in [0.25, 0.3) is 0 Å². The van der Waals surface area contributed by atoms with Crippen LogP contribution in [0, 0.1) is 0 Å². The maximum Gasteiger partial charge on any atom is 0.263 e. The zero-order valence-electron chi connectivity index (χ0n) is 14.8. The molecule has 3 rings (SSSR count). The molecule has 1 heterocycles. The SMILES string of the molecule is CCOc1ccc2c(c1)CN(C(=O)C(C)Oc1cccc(Cl)c1Cl)CC2. The van der Waals surface area contributed by atoms with E-state index in [1.807, 2.05) is 19.1 Å². The molecule has 2 aromatic carbocycles. The van der Waals surface area contributed by atoms with Crippen LogP contribution in [0.2, 0.25) is 10.0 Å². The smallest absolute Gasteiger partial charge is 0.263 e. The Morgan fingerprint density at radius 1 is 1.23 bits per heavy atom. The number of rotatable bonds is 5. The van der Waals surface area contributed by atoms with Crippen LogP contribution in [0.1, 0.15) is 25.0 Å². The number of carbonyl (C=O) groups excluding carboxylic acids is 1. The van der Waals surface area contributed by atoms with Gasteiger partial charge in [0.2, 0.25) is 0 Å².